The molecule has 106 valence electrons. The summed E-state index contributed by atoms with van der Waals surface area (Å²) in [6, 6.07) is 0. The highest BCUT2D eigenvalue weighted by Gasteiger charge is 2.36. The third-order valence-electron chi connectivity index (χ3n) is 4.96. The summed E-state index contributed by atoms with van der Waals surface area (Å²) in [5.41, 5.74) is 0.784. The molecule has 0 radical (unpaired) electrons. The normalized spacial score (nSPS) is 24.2. The van der Waals surface area contributed by atoms with Gasteiger partial charge in [-0.05, 0) is 76.2 Å². The molecule has 1 spiro atoms. The van der Waals surface area contributed by atoms with Crippen LogP contribution < -0.4 is 5.32 Å². The second-order valence-electron chi connectivity index (χ2n) is 7.00. The van der Waals surface area contributed by atoms with E-state index in [1.165, 1.54) is 77.7 Å². The van der Waals surface area contributed by atoms with Crippen LogP contribution in [0.1, 0.15) is 58.8 Å². The molecule has 0 aromatic rings. The van der Waals surface area contributed by atoms with Crippen LogP contribution in [0.3, 0.4) is 0 Å². The molecule has 18 heavy (non-hydrogen) atoms. The highest BCUT2D eigenvalue weighted by molar-refractivity contribution is 4.89. The van der Waals surface area contributed by atoms with Gasteiger partial charge >= 0.3 is 0 Å². The average Bonchev–Trinajstić information content (AvgIpc) is 2.80. The SMILES string of the molecule is CC(C)CNCCCN1CCC2(CCCC2)CC1. The van der Waals surface area contributed by atoms with E-state index >= 15 is 0 Å². The van der Waals surface area contributed by atoms with Crippen LogP contribution in [0.4, 0.5) is 0 Å². The largest absolute Gasteiger partial charge is 0.316 e. The van der Waals surface area contributed by atoms with Gasteiger partial charge in [-0.25, -0.2) is 0 Å². The molecule has 0 aromatic carbocycles. The summed E-state index contributed by atoms with van der Waals surface area (Å²) in [6.07, 6.45) is 10.3. The molecule has 1 heterocycles. The lowest BCUT2D eigenvalue weighted by atomic mass is 9.77. The van der Waals surface area contributed by atoms with Gasteiger partial charge in [0.05, 0.1) is 0 Å². The Hall–Kier alpha value is -0.0800. The number of nitrogens with one attached hydrogen (secondary N) is 1. The molecular weight excluding hydrogens is 220 g/mol. The molecule has 2 nitrogen and oxygen atoms in total. The molecule has 1 aliphatic carbocycles. The molecule has 0 amide bonds. The van der Waals surface area contributed by atoms with E-state index in [4.69, 9.17) is 0 Å². The number of piperidine rings is 1. The Balaban J connectivity index is 1.54. The lowest BCUT2D eigenvalue weighted by Crippen LogP contribution is -2.40. The van der Waals surface area contributed by atoms with Crippen LogP contribution in [0.2, 0.25) is 0 Å². The molecule has 2 rings (SSSR count). The maximum absolute atomic E-state index is 3.55. The molecular formula is C16H32N2. The number of likely N-dealkylation sites (tertiary alicyclic amines) is 1. The van der Waals surface area contributed by atoms with Crippen LogP contribution in [0.15, 0.2) is 0 Å². The smallest absolute Gasteiger partial charge is 0.000663 e. The minimum Gasteiger partial charge on any atom is -0.316 e. The van der Waals surface area contributed by atoms with Gasteiger partial charge in [-0.2, -0.15) is 0 Å². The number of rotatable bonds is 6. The standard InChI is InChI=1S/C16H32N2/c1-15(2)14-17-10-5-11-18-12-8-16(9-13-18)6-3-4-7-16/h15,17H,3-14H2,1-2H3. The summed E-state index contributed by atoms with van der Waals surface area (Å²) in [5.74, 6) is 0.780. The van der Waals surface area contributed by atoms with Crippen molar-refractivity contribution >= 4 is 0 Å². The number of hydrogen-bond acceptors (Lipinski definition) is 2. The summed E-state index contributed by atoms with van der Waals surface area (Å²) in [7, 11) is 0. The Labute approximate surface area is 114 Å². The van der Waals surface area contributed by atoms with Crippen molar-refractivity contribution in [2.75, 3.05) is 32.7 Å². The first-order valence-electron chi connectivity index (χ1n) is 8.13. The fourth-order valence-corrected chi connectivity index (χ4v) is 3.69. The Kier molecular flexibility index (Phi) is 5.50. The molecule has 2 aliphatic rings. The molecule has 1 aliphatic heterocycles. The summed E-state index contributed by atoms with van der Waals surface area (Å²) >= 11 is 0. The predicted molar refractivity (Wildman–Crippen MR) is 78.9 cm³/mol. The minimum atomic E-state index is 0.780. The van der Waals surface area contributed by atoms with Gasteiger partial charge < -0.3 is 10.2 Å². The van der Waals surface area contributed by atoms with E-state index in [0.29, 0.717) is 0 Å². The quantitative estimate of drug-likeness (QED) is 0.730. The van der Waals surface area contributed by atoms with E-state index in [1.54, 1.807) is 0 Å². The summed E-state index contributed by atoms with van der Waals surface area (Å²) < 4.78 is 0. The number of nitrogens with zero attached hydrogens (tertiary/aromatic N) is 1. The van der Waals surface area contributed by atoms with Crippen LogP contribution in [0.25, 0.3) is 0 Å². The highest BCUT2D eigenvalue weighted by Crippen LogP contribution is 2.45. The third kappa shape index (κ3) is 4.24. The van der Waals surface area contributed by atoms with Crippen molar-refractivity contribution in [1.82, 2.24) is 10.2 Å². The van der Waals surface area contributed by atoms with Gasteiger partial charge in [0.25, 0.3) is 0 Å². The van der Waals surface area contributed by atoms with Crippen molar-refractivity contribution < 1.29 is 0 Å². The van der Waals surface area contributed by atoms with Crippen LogP contribution in [-0.4, -0.2) is 37.6 Å². The van der Waals surface area contributed by atoms with Crippen LogP contribution >= 0.6 is 0 Å². The Morgan fingerprint density at radius 2 is 1.72 bits per heavy atom. The van der Waals surface area contributed by atoms with Crippen LogP contribution in [-0.2, 0) is 0 Å². The lowest BCUT2D eigenvalue weighted by molar-refractivity contribution is 0.108. The monoisotopic (exact) mass is 252 g/mol. The van der Waals surface area contributed by atoms with E-state index in [-0.39, 0.29) is 0 Å². The molecule has 1 saturated heterocycles. The van der Waals surface area contributed by atoms with Crippen molar-refractivity contribution in [3.63, 3.8) is 0 Å². The summed E-state index contributed by atoms with van der Waals surface area (Å²) in [4.78, 5) is 2.70. The third-order valence-corrected chi connectivity index (χ3v) is 4.96. The van der Waals surface area contributed by atoms with Gasteiger partial charge in [0.15, 0.2) is 0 Å². The zero-order valence-corrected chi connectivity index (χ0v) is 12.5. The predicted octanol–water partition coefficient (Wildman–Crippen LogP) is 3.28. The fourth-order valence-electron chi connectivity index (χ4n) is 3.69. The molecule has 0 atom stereocenters. The van der Waals surface area contributed by atoms with Gasteiger partial charge in [0.2, 0.25) is 0 Å². The molecule has 2 fully saturated rings. The van der Waals surface area contributed by atoms with Crippen molar-refractivity contribution in [2.24, 2.45) is 11.3 Å². The second-order valence-corrected chi connectivity index (χ2v) is 7.00. The van der Waals surface area contributed by atoms with Gasteiger partial charge in [-0.1, -0.05) is 26.7 Å². The zero-order valence-electron chi connectivity index (χ0n) is 12.5. The lowest BCUT2D eigenvalue weighted by Gasteiger charge is -2.39. The first kappa shape index (κ1) is 14.3. The van der Waals surface area contributed by atoms with Crippen LogP contribution in [0.5, 0.6) is 0 Å². The van der Waals surface area contributed by atoms with Gasteiger partial charge in [0, 0.05) is 0 Å². The average molecular weight is 252 g/mol. The van der Waals surface area contributed by atoms with E-state index < -0.39 is 0 Å². The van der Waals surface area contributed by atoms with E-state index in [1.807, 2.05) is 0 Å². The van der Waals surface area contributed by atoms with Crippen LogP contribution in [0, 0.1) is 11.3 Å². The fraction of sp³-hybridized carbons (Fsp3) is 1.00. The number of hydrogen-bond donors (Lipinski definition) is 1. The molecule has 1 saturated carbocycles. The van der Waals surface area contributed by atoms with E-state index in [0.717, 1.165) is 11.3 Å². The summed E-state index contributed by atoms with van der Waals surface area (Å²) in [5, 5.41) is 3.55. The van der Waals surface area contributed by atoms with Crippen molar-refractivity contribution in [3.05, 3.63) is 0 Å². The second kappa shape index (κ2) is 6.91. The molecule has 1 N–H and O–H groups in total. The zero-order chi connectivity index (χ0) is 12.8. The molecule has 2 heteroatoms. The molecule has 0 bridgehead atoms. The summed E-state index contributed by atoms with van der Waals surface area (Å²) in [6.45, 7) is 11.0. The minimum absolute atomic E-state index is 0.780. The maximum Gasteiger partial charge on any atom is -0.000663 e. The van der Waals surface area contributed by atoms with Crippen molar-refractivity contribution in [2.45, 2.75) is 58.8 Å². The van der Waals surface area contributed by atoms with Gasteiger partial charge in [-0.15, -0.1) is 0 Å². The Morgan fingerprint density at radius 3 is 2.33 bits per heavy atom. The highest BCUT2D eigenvalue weighted by atomic mass is 15.1. The van der Waals surface area contributed by atoms with Crippen molar-refractivity contribution in [3.8, 4) is 0 Å². The van der Waals surface area contributed by atoms with E-state index in [9.17, 15) is 0 Å². The first-order chi connectivity index (χ1) is 8.70. The topological polar surface area (TPSA) is 15.3 Å². The Morgan fingerprint density at radius 1 is 1.06 bits per heavy atom. The van der Waals surface area contributed by atoms with Gasteiger partial charge in [-0.3, -0.25) is 0 Å². The molecule has 0 unspecified atom stereocenters. The molecule has 0 aromatic heterocycles. The van der Waals surface area contributed by atoms with E-state index in [2.05, 4.69) is 24.1 Å². The maximum atomic E-state index is 3.55. The van der Waals surface area contributed by atoms with Crippen molar-refractivity contribution in [1.29, 1.82) is 0 Å². The van der Waals surface area contributed by atoms with Gasteiger partial charge in [0.1, 0.15) is 0 Å². The first-order valence-corrected chi connectivity index (χ1v) is 8.13. The Bertz CT molecular complexity index is 221.